The lowest BCUT2D eigenvalue weighted by atomic mass is 10.1. The summed E-state index contributed by atoms with van der Waals surface area (Å²) in [5.41, 5.74) is 3.56. The normalized spacial score (nSPS) is 11.7. The second kappa shape index (κ2) is 7.39. The molecule has 0 aliphatic carbocycles. The molecule has 3 aromatic rings. The van der Waals surface area contributed by atoms with Crippen LogP contribution in [0, 0.1) is 19.7 Å². The first-order valence-corrected chi connectivity index (χ1v) is 9.70. The number of hydrogen-bond donors (Lipinski definition) is 2. The highest BCUT2D eigenvalue weighted by atomic mass is 32.2. The van der Waals surface area contributed by atoms with Crippen LogP contribution < -0.4 is 4.72 Å². The maximum atomic E-state index is 13.0. The van der Waals surface area contributed by atoms with Gasteiger partial charge in [0.15, 0.2) is 0 Å². The Kier molecular flexibility index (Phi) is 5.20. The highest BCUT2D eigenvalue weighted by Crippen LogP contribution is 2.18. The van der Waals surface area contributed by atoms with E-state index in [0.717, 1.165) is 22.4 Å². The summed E-state index contributed by atoms with van der Waals surface area (Å²) in [7, 11) is -3.55. The summed E-state index contributed by atoms with van der Waals surface area (Å²) >= 11 is 0. The highest BCUT2D eigenvalue weighted by molar-refractivity contribution is 7.89. The van der Waals surface area contributed by atoms with Gasteiger partial charge in [-0.25, -0.2) is 22.5 Å². The summed E-state index contributed by atoms with van der Waals surface area (Å²) in [6, 6.07) is 11.2. The van der Waals surface area contributed by atoms with Gasteiger partial charge in [0.1, 0.15) is 11.6 Å². The minimum atomic E-state index is -3.55. The molecule has 0 saturated heterocycles. The zero-order valence-electron chi connectivity index (χ0n) is 14.6. The molecule has 26 heavy (non-hydrogen) atoms. The van der Waals surface area contributed by atoms with Gasteiger partial charge in [-0.3, -0.25) is 0 Å². The van der Waals surface area contributed by atoms with E-state index >= 15 is 0 Å². The number of aromatic nitrogens is 2. The van der Waals surface area contributed by atoms with Crippen LogP contribution in [-0.2, 0) is 16.4 Å². The minimum Gasteiger partial charge on any atom is -0.342 e. The molecule has 0 aliphatic rings. The van der Waals surface area contributed by atoms with E-state index in [-0.39, 0.29) is 17.3 Å². The highest BCUT2D eigenvalue weighted by Gasteiger charge is 2.14. The van der Waals surface area contributed by atoms with Crippen molar-refractivity contribution in [3.8, 4) is 11.3 Å². The Morgan fingerprint density at radius 2 is 1.81 bits per heavy atom. The third-order valence-electron chi connectivity index (χ3n) is 4.23. The van der Waals surface area contributed by atoms with E-state index in [4.69, 9.17) is 0 Å². The standard InChI is InChI=1S/C19H20FN3O2S/c1-13-3-8-17(11-14(13)2)26(24,25)22-10-9-19-21-12-18(23-19)15-4-6-16(20)7-5-15/h3-8,11-12,22H,9-10H2,1-2H3,(H,21,23). The number of nitrogens with zero attached hydrogens (tertiary/aromatic N) is 1. The topological polar surface area (TPSA) is 74.8 Å². The Bertz CT molecular complexity index is 1010. The molecule has 0 aliphatic heterocycles. The molecule has 0 fully saturated rings. The van der Waals surface area contributed by atoms with Gasteiger partial charge in [0, 0.05) is 13.0 Å². The summed E-state index contributed by atoms with van der Waals surface area (Å²) < 4.78 is 40.3. The molecule has 1 aromatic heterocycles. The average Bonchev–Trinajstić information content (AvgIpc) is 3.06. The SMILES string of the molecule is Cc1ccc(S(=O)(=O)NCCc2ncc(-c3ccc(F)cc3)[nH]2)cc1C. The van der Waals surface area contributed by atoms with E-state index in [1.165, 1.54) is 12.1 Å². The van der Waals surface area contributed by atoms with E-state index in [1.54, 1.807) is 36.5 Å². The van der Waals surface area contributed by atoms with Gasteiger partial charge < -0.3 is 4.98 Å². The molecule has 0 amide bonds. The molecule has 3 rings (SSSR count). The molecule has 2 aromatic carbocycles. The number of imidazole rings is 1. The first-order chi connectivity index (χ1) is 12.3. The number of halogens is 1. The van der Waals surface area contributed by atoms with Crippen LogP contribution in [0.4, 0.5) is 4.39 Å². The maximum absolute atomic E-state index is 13.0. The number of aromatic amines is 1. The Morgan fingerprint density at radius 3 is 2.50 bits per heavy atom. The molecule has 0 spiro atoms. The van der Waals surface area contributed by atoms with E-state index in [2.05, 4.69) is 14.7 Å². The number of sulfonamides is 1. The molecule has 5 nitrogen and oxygen atoms in total. The van der Waals surface area contributed by atoms with Gasteiger partial charge in [0.2, 0.25) is 10.0 Å². The van der Waals surface area contributed by atoms with E-state index in [1.807, 2.05) is 13.8 Å². The van der Waals surface area contributed by atoms with Gasteiger partial charge in [-0.1, -0.05) is 6.07 Å². The van der Waals surface area contributed by atoms with Crippen molar-refractivity contribution in [1.29, 1.82) is 0 Å². The first kappa shape index (κ1) is 18.3. The van der Waals surface area contributed by atoms with Crippen LogP contribution in [-0.4, -0.2) is 24.9 Å². The number of H-pyrrole nitrogens is 1. The lowest BCUT2D eigenvalue weighted by Gasteiger charge is -2.08. The maximum Gasteiger partial charge on any atom is 0.240 e. The summed E-state index contributed by atoms with van der Waals surface area (Å²) in [6.07, 6.45) is 2.08. The summed E-state index contributed by atoms with van der Waals surface area (Å²) in [5, 5.41) is 0. The third-order valence-corrected chi connectivity index (χ3v) is 5.68. The van der Waals surface area contributed by atoms with Crippen molar-refractivity contribution in [3.63, 3.8) is 0 Å². The van der Waals surface area contributed by atoms with Crippen molar-refractivity contribution in [2.24, 2.45) is 0 Å². The molecule has 2 N–H and O–H groups in total. The monoisotopic (exact) mass is 373 g/mol. The van der Waals surface area contributed by atoms with Crippen LogP contribution in [0.3, 0.4) is 0 Å². The zero-order chi connectivity index (χ0) is 18.7. The minimum absolute atomic E-state index is 0.228. The van der Waals surface area contributed by atoms with Gasteiger partial charge >= 0.3 is 0 Å². The van der Waals surface area contributed by atoms with Gasteiger partial charge in [-0.2, -0.15) is 0 Å². The molecular formula is C19H20FN3O2S. The van der Waals surface area contributed by atoms with Gasteiger partial charge in [-0.15, -0.1) is 0 Å². The lowest BCUT2D eigenvalue weighted by Crippen LogP contribution is -2.26. The van der Waals surface area contributed by atoms with Crippen LogP contribution >= 0.6 is 0 Å². The Hall–Kier alpha value is -2.51. The van der Waals surface area contributed by atoms with Crippen molar-refractivity contribution in [2.45, 2.75) is 25.2 Å². The number of benzene rings is 2. The number of rotatable bonds is 6. The molecule has 1 heterocycles. The van der Waals surface area contributed by atoms with Crippen molar-refractivity contribution >= 4 is 10.0 Å². The summed E-state index contributed by atoms with van der Waals surface area (Å²) in [5.74, 6) is 0.362. The van der Waals surface area contributed by atoms with Crippen LogP contribution in [0.1, 0.15) is 17.0 Å². The molecule has 0 radical (unpaired) electrons. The van der Waals surface area contributed by atoms with Crippen molar-refractivity contribution < 1.29 is 12.8 Å². The van der Waals surface area contributed by atoms with Crippen molar-refractivity contribution in [3.05, 3.63) is 71.4 Å². The average molecular weight is 373 g/mol. The van der Waals surface area contributed by atoms with Crippen LogP contribution in [0.5, 0.6) is 0 Å². The fraction of sp³-hybridized carbons (Fsp3) is 0.211. The van der Waals surface area contributed by atoms with Gasteiger partial charge in [0.05, 0.1) is 16.8 Å². The Labute approximate surface area is 152 Å². The van der Waals surface area contributed by atoms with Gasteiger partial charge in [0.25, 0.3) is 0 Å². The molecule has 136 valence electrons. The molecule has 0 unspecified atom stereocenters. The Balaban J connectivity index is 1.62. The molecule has 7 heteroatoms. The second-order valence-corrected chi connectivity index (χ2v) is 7.91. The number of hydrogen-bond acceptors (Lipinski definition) is 3. The van der Waals surface area contributed by atoms with Gasteiger partial charge in [-0.05, 0) is 66.9 Å². The fourth-order valence-electron chi connectivity index (χ4n) is 2.53. The predicted octanol–water partition coefficient (Wildman–Crippen LogP) is 3.35. The van der Waals surface area contributed by atoms with E-state index in [9.17, 15) is 12.8 Å². The lowest BCUT2D eigenvalue weighted by molar-refractivity contribution is 0.581. The smallest absolute Gasteiger partial charge is 0.240 e. The Morgan fingerprint density at radius 1 is 1.08 bits per heavy atom. The van der Waals surface area contributed by atoms with E-state index < -0.39 is 10.0 Å². The molecule has 0 saturated carbocycles. The van der Waals surface area contributed by atoms with Crippen molar-refractivity contribution in [1.82, 2.24) is 14.7 Å². The first-order valence-electron chi connectivity index (χ1n) is 8.22. The largest absolute Gasteiger partial charge is 0.342 e. The summed E-state index contributed by atoms with van der Waals surface area (Å²) in [4.78, 5) is 7.63. The number of nitrogens with one attached hydrogen (secondary N) is 2. The third kappa shape index (κ3) is 4.17. The molecular weight excluding hydrogens is 353 g/mol. The second-order valence-electron chi connectivity index (χ2n) is 6.14. The predicted molar refractivity (Wildman–Crippen MR) is 98.8 cm³/mol. The van der Waals surface area contributed by atoms with Crippen molar-refractivity contribution in [2.75, 3.05) is 6.54 Å². The molecule has 0 atom stereocenters. The van der Waals surface area contributed by atoms with E-state index in [0.29, 0.717) is 12.2 Å². The molecule has 0 bridgehead atoms. The van der Waals surface area contributed by atoms with Crippen LogP contribution in [0.2, 0.25) is 0 Å². The van der Waals surface area contributed by atoms with Crippen LogP contribution in [0.15, 0.2) is 53.6 Å². The number of aryl methyl sites for hydroxylation is 2. The zero-order valence-corrected chi connectivity index (χ0v) is 15.4. The quantitative estimate of drug-likeness (QED) is 0.696. The van der Waals surface area contributed by atoms with Crippen LogP contribution in [0.25, 0.3) is 11.3 Å². The fourth-order valence-corrected chi connectivity index (χ4v) is 3.65. The summed E-state index contributed by atoms with van der Waals surface area (Å²) in [6.45, 7) is 4.05.